The summed E-state index contributed by atoms with van der Waals surface area (Å²) in [5, 5.41) is 9.45. The molecule has 0 saturated carbocycles. The second-order valence-electron chi connectivity index (χ2n) is 3.05. The van der Waals surface area contributed by atoms with E-state index < -0.39 is 25.1 Å². The van der Waals surface area contributed by atoms with Crippen LogP contribution in [-0.4, -0.2) is 14.4 Å². The zero-order valence-corrected chi connectivity index (χ0v) is 9.69. The molecule has 0 saturated heterocycles. The molecule has 0 heterocycles. The molecule has 0 aromatic rings. The van der Waals surface area contributed by atoms with Gasteiger partial charge in [-0.05, 0) is 19.8 Å². The van der Waals surface area contributed by atoms with E-state index in [2.05, 4.69) is 6.92 Å². The van der Waals surface area contributed by atoms with Crippen molar-refractivity contribution in [3.8, 4) is 0 Å². The molecule has 3 nitrogen and oxygen atoms in total. The Hall–Kier alpha value is 0.434. The molecule has 0 amide bonds. The topological polar surface area (TPSA) is 57.5 Å². The summed E-state index contributed by atoms with van der Waals surface area (Å²) in [6.07, 6.45) is 4.13. The molecule has 2 N–H and O–H groups in total. The van der Waals surface area contributed by atoms with Gasteiger partial charge >= 0.3 is 26.5 Å². The molecule has 0 bridgehead atoms. The van der Waals surface area contributed by atoms with Gasteiger partial charge in [-0.1, -0.05) is 26.7 Å². The van der Waals surface area contributed by atoms with E-state index in [1.54, 1.807) is 0 Å². The van der Waals surface area contributed by atoms with Crippen LogP contribution in [0.1, 0.15) is 46.5 Å². The predicted octanol–water partition coefficient (Wildman–Crippen LogP) is 1.66. The van der Waals surface area contributed by atoms with Crippen LogP contribution in [0.3, 0.4) is 0 Å². The SMILES string of the molecule is CCCCC(C)(O)CC.[O]=[Ti][OH]. The Morgan fingerprint density at radius 1 is 1.42 bits per heavy atom. The fraction of sp³-hybridized carbons (Fsp3) is 1.00. The fourth-order valence-corrected chi connectivity index (χ4v) is 0.734. The summed E-state index contributed by atoms with van der Waals surface area (Å²) in [5.41, 5.74) is -0.407. The first-order valence-corrected chi connectivity index (χ1v) is 5.61. The van der Waals surface area contributed by atoms with Gasteiger partial charge in [-0.3, -0.25) is 0 Å². The quantitative estimate of drug-likeness (QED) is 0.695. The van der Waals surface area contributed by atoms with Gasteiger partial charge in [0.25, 0.3) is 0 Å². The summed E-state index contributed by atoms with van der Waals surface area (Å²) < 4.78 is 15.8. The predicted molar refractivity (Wildman–Crippen MR) is 43.3 cm³/mol. The summed E-state index contributed by atoms with van der Waals surface area (Å²) in [4.78, 5) is 0. The Balaban J connectivity index is 0. The molecule has 0 aliphatic rings. The summed E-state index contributed by atoms with van der Waals surface area (Å²) in [7, 11) is 0. The molecule has 0 fully saturated rings. The second kappa shape index (κ2) is 9.52. The van der Waals surface area contributed by atoms with Crippen molar-refractivity contribution in [1.82, 2.24) is 0 Å². The zero-order valence-electron chi connectivity index (χ0n) is 8.13. The van der Waals surface area contributed by atoms with Crippen molar-refractivity contribution in [3.05, 3.63) is 0 Å². The fourth-order valence-electron chi connectivity index (χ4n) is 0.734. The van der Waals surface area contributed by atoms with Gasteiger partial charge in [0.1, 0.15) is 0 Å². The number of hydrogen-bond acceptors (Lipinski definition) is 2. The van der Waals surface area contributed by atoms with Crippen molar-refractivity contribution in [2.75, 3.05) is 0 Å². The van der Waals surface area contributed by atoms with Crippen LogP contribution in [0, 0.1) is 0 Å². The number of aliphatic hydroxyl groups is 1. The van der Waals surface area contributed by atoms with Crippen molar-refractivity contribution in [2.45, 2.75) is 52.1 Å². The summed E-state index contributed by atoms with van der Waals surface area (Å²) in [6.45, 7) is 6.07. The van der Waals surface area contributed by atoms with Crippen LogP contribution in [0.15, 0.2) is 0 Å². The van der Waals surface area contributed by atoms with Gasteiger partial charge in [-0.25, -0.2) is 0 Å². The molecule has 73 valence electrons. The molecule has 4 heteroatoms. The van der Waals surface area contributed by atoms with Crippen molar-refractivity contribution >= 4 is 0 Å². The second-order valence-corrected chi connectivity index (χ2v) is 3.33. The van der Waals surface area contributed by atoms with E-state index in [0.717, 1.165) is 19.3 Å². The van der Waals surface area contributed by atoms with E-state index in [4.69, 9.17) is 7.01 Å². The average molecular weight is 211 g/mol. The third-order valence-corrected chi connectivity index (χ3v) is 1.83. The Morgan fingerprint density at radius 3 is 2.08 bits per heavy atom. The van der Waals surface area contributed by atoms with E-state index in [1.807, 2.05) is 13.8 Å². The number of unbranched alkanes of at least 4 members (excludes halogenated alkanes) is 1. The van der Waals surface area contributed by atoms with Gasteiger partial charge in [0.2, 0.25) is 0 Å². The molecule has 0 spiro atoms. The molecular formula is C8H19O3Ti. The van der Waals surface area contributed by atoms with Crippen molar-refractivity contribution < 1.29 is 31.6 Å². The first-order chi connectivity index (χ1) is 5.54. The van der Waals surface area contributed by atoms with Crippen LogP contribution in [0.2, 0.25) is 0 Å². The van der Waals surface area contributed by atoms with E-state index in [9.17, 15) is 5.11 Å². The molecule has 0 aromatic heterocycles. The molecular weight excluding hydrogens is 192 g/mol. The van der Waals surface area contributed by atoms with Gasteiger partial charge in [0.05, 0.1) is 5.60 Å². The standard InChI is InChI=1S/C8H18O.H2O.O.Ti/c1-4-6-7-8(3,9)5-2;;;/h9H,4-7H2,1-3H3;1H2;;/q;;;+1/p-1. The van der Waals surface area contributed by atoms with Crippen molar-refractivity contribution in [2.24, 2.45) is 0 Å². The first kappa shape index (κ1) is 14.9. The monoisotopic (exact) mass is 211 g/mol. The maximum atomic E-state index is 9.45. The Bertz CT molecular complexity index is 104. The van der Waals surface area contributed by atoms with E-state index >= 15 is 0 Å². The first-order valence-electron chi connectivity index (χ1n) is 4.27. The van der Waals surface area contributed by atoms with E-state index in [-0.39, 0.29) is 0 Å². The van der Waals surface area contributed by atoms with Gasteiger partial charge < -0.3 is 5.11 Å². The molecule has 12 heavy (non-hydrogen) atoms. The van der Waals surface area contributed by atoms with Gasteiger partial charge in [-0.15, -0.1) is 0 Å². The summed E-state index contributed by atoms with van der Waals surface area (Å²) >= 11 is -1.75. The Labute approximate surface area is 83.9 Å². The number of rotatable bonds is 4. The van der Waals surface area contributed by atoms with Gasteiger partial charge in [-0.2, -0.15) is 0 Å². The minimum absolute atomic E-state index is 0.407. The van der Waals surface area contributed by atoms with Crippen LogP contribution in [0.4, 0.5) is 0 Å². The van der Waals surface area contributed by atoms with Gasteiger partial charge in [0, 0.05) is 0 Å². The summed E-state index contributed by atoms with van der Waals surface area (Å²) in [5.74, 6) is 0. The number of hydrogen-bond donors (Lipinski definition) is 2. The molecule has 0 aliphatic carbocycles. The van der Waals surface area contributed by atoms with Crippen molar-refractivity contribution in [3.63, 3.8) is 0 Å². The summed E-state index contributed by atoms with van der Waals surface area (Å²) in [6, 6.07) is 0. The van der Waals surface area contributed by atoms with E-state index in [1.165, 1.54) is 6.42 Å². The third kappa shape index (κ3) is 13.1. The molecule has 1 atom stereocenters. The average Bonchev–Trinajstić information content (AvgIpc) is 2.03. The molecule has 0 radical (unpaired) electrons. The third-order valence-electron chi connectivity index (χ3n) is 1.83. The Kier molecular flexibility index (Phi) is 11.8. The molecule has 0 rings (SSSR count). The molecule has 1 unspecified atom stereocenters. The normalized spacial score (nSPS) is 13.8. The van der Waals surface area contributed by atoms with Crippen LogP contribution in [-0.2, 0) is 22.8 Å². The van der Waals surface area contributed by atoms with Crippen LogP contribution in [0.25, 0.3) is 0 Å². The van der Waals surface area contributed by atoms with Crippen LogP contribution in [0.5, 0.6) is 0 Å². The minimum atomic E-state index is -1.75. The molecule has 0 aromatic carbocycles. The van der Waals surface area contributed by atoms with Crippen LogP contribution < -0.4 is 0 Å². The maximum absolute atomic E-state index is 9.45. The molecule has 0 aliphatic heterocycles. The zero-order chi connectivity index (χ0) is 10.0. The van der Waals surface area contributed by atoms with Crippen molar-refractivity contribution in [1.29, 1.82) is 0 Å². The Morgan fingerprint density at radius 2 is 1.83 bits per heavy atom. The van der Waals surface area contributed by atoms with E-state index in [0.29, 0.717) is 0 Å². The van der Waals surface area contributed by atoms with Gasteiger partial charge in [0.15, 0.2) is 0 Å². The van der Waals surface area contributed by atoms with Crippen LogP contribution >= 0.6 is 0 Å².